The smallest absolute Gasteiger partial charge is 0.311 e. The van der Waals surface area contributed by atoms with Crippen molar-refractivity contribution in [2.24, 2.45) is 5.92 Å². The van der Waals surface area contributed by atoms with Gasteiger partial charge in [0.15, 0.2) is 0 Å². The van der Waals surface area contributed by atoms with E-state index in [1.165, 1.54) is 0 Å². The molecule has 2 atom stereocenters. The Kier molecular flexibility index (Phi) is 1.65. The Morgan fingerprint density at radius 1 is 1.62 bits per heavy atom. The van der Waals surface area contributed by atoms with E-state index in [-0.39, 0.29) is 5.92 Å². The van der Waals surface area contributed by atoms with Crippen LogP contribution < -0.4 is 0 Å². The zero-order valence-corrected chi connectivity index (χ0v) is 6.97. The zero-order chi connectivity index (χ0) is 9.42. The maximum atomic E-state index is 10.8. The van der Waals surface area contributed by atoms with Gasteiger partial charge in [-0.15, -0.1) is 0 Å². The molecule has 5 heteroatoms. The molecule has 1 aromatic rings. The fraction of sp³-hybridized carbons (Fsp3) is 0.375. The molecule has 0 radical (unpaired) electrons. The first-order valence-electron chi connectivity index (χ1n) is 3.93. The quantitative estimate of drug-likeness (QED) is 0.694. The third-order valence-electron chi connectivity index (χ3n) is 2.26. The zero-order valence-electron chi connectivity index (χ0n) is 6.97. The average Bonchev–Trinajstić information content (AvgIpc) is 2.52. The number of rotatable bonds is 1. The molecule has 5 nitrogen and oxygen atoms in total. The highest BCUT2D eigenvalue weighted by atomic mass is 16.6. The van der Waals surface area contributed by atoms with Gasteiger partial charge in [0.25, 0.3) is 0 Å². The molecular formula is C8H8N2O3. The lowest BCUT2D eigenvalue weighted by molar-refractivity contribution is -0.140. The molecule has 0 saturated carbocycles. The molecule has 1 aliphatic rings. The van der Waals surface area contributed by atoms with Crippen LogP contribution in [0.2, 0.25) is 0 Å². The predicted molar refractivity (Wildman–Crippen MR) is 42.9 cm³/mol. The van der Waals surface area contributed by atoms with Gasteiger partial charge in [-0.25, -0.2) is 4.63 Å². The summed E-state index contributed by atoms with van der Waals surface area (Å²) in [6, 6.07) is 0. The topological polar surface area (TPSA) is 76.2 Å². The van der Waals surface area contributed by atoms with Gasteiger partial charge in [0.1, 0.15) is 11.4 Å². The molecule has 1 N–H and O–H groups in total. The van der Waals surface area contributed by atoms with Crippen molar-refractivity contribution in [1.82, 2.24) is 10.3 Å². The van der Waals surface area contributed by atoms with E-state index < -0.39 is 11.9 Å². The number of aromatic nitrogens is 2. The third kappa shape index (κ3) is 1.12. The van der Waals surface area contributed by atoms with Crippen molar-refractivity contribution in [3.05, 3.63) is 17.5 Å². The first-order valence-corrected chi connectivity index (χ1v) is 3.93. The minimum Gasteiger partial charge on any atom is -0.481 e. The Morgan fingerprint density at radius 3 is 3.08 bits per heavy atom. The van der Waals surface area contributed by atoms with Crippen LogP contribution in [0.25, 0.3) is 6.08 Å². The van der Waals surface area contributed by atoms with E-state index in [2.05, 4.69) is 14.9 Å². The van der Waals surface area contributed by atoms with Crippen LogP contribution in [0, 0.1) is 5.92 Å². The largest absolute Gasteiger partial charge is 0.481 e. The molecule has 0 aromatic carbocycles. The summed E-state index contributed by atoms with van der Waals surface area (Å²) in [5.41, 5.74) is 1.25. The molecule has 0 saturated heterocycles. The van der Waals surface area contributed by atoms with E-state index in [0.29, 0.717) is 11.4 Å². The Labute approximate surface area is 74.0 Å². The molecule has 0 bridgehead atoms. The normalized spacial score (nSPS) is 25.6. The lowest BCUT2D eigenvalue weighted by Gasteiger charge is -2.17. The van der Waals surface area contributed by atoms with Crippen molar-refractivity contribution < 1.29 is 14.5 Å². The first-order chi connectivity index (χ1) is 6.20. The van der Waals surface area contributed by atoms with Crippen LogP contribution in [0.3, 0.4) is 0 Å². The van der Waals surface area contributed by atoms with Crippen LogP contribution >= 0.6 is 0 Å². The summed E-state index contributed by atoms with van der Waals surface area (Å²) in [5.74, 6) is -1.56. The summed E-state index contributed by atoms with van der Waals surface area (Å²) in [6.45, 7) is 1.80. The van der Waals surface area contributed by atoms with Gasteiger partial charge in [0, 0.05) is 5.92 Å². The van der Waals surface area contributed by atoms with E-state index in [0.717, 1.165) is 0 Å². The van der Waals surface area contributed by atoms with Crippen molar-refractivity contribution in [1.29, 1.82) is 0 Å². The van der Waals surface area contributed by atoms with Crippen molar-refractivity contribution in [2.75, 3.05) is 0 Å². The molecule has 68 valence electrons. The third-order valence-corrected chi connectivity index (χ3v) is 2.26. The highest BCUT2D eigenvalue weighted by Gasteiger charge is 2.31. The van der Waals surface area contributed by atoms with Crippen molar-refractivity contribution in [3.8, 4) is 0 Å². The van der Waals surface area contributed by atoms with E-state index in [9.17, 15) is 4.79 Å². The van der Waals surface area contributed by atoms with Gasteiger partial charge in [0.05, 0.1) is 5.92 Å². The van der Waals surface area contributed by atoms with Crippen LogP contribution in [0.15, 0.2) is 10.7 Å². The standard InChI is InChI=1S/C8H8N2O3/c1-4-5(8(11)12)2-3-6-7(4)10-13-9-6/h2-5H,1H3,(H,11,12). The summed E-state index contributed by atoms with van der Waals surface area (Å²) in [4.78, 5) is 10.8. The van der Waals surface area contributed by atoms with E-state index in [1.807, 2.05) is 0 Å². The van der Waals surface area contributed by atoms with Gasteiger partial charge in [-0.05, 0) is 6.08 Å². The summed E-state index contributed by atoms with van der Waals surface area (Å²) < 4.78 is 4.52. The molecular weight excluding hydrogens is 172 g/mol. The molecule has 0 aliphatic heterocycles. The maximum Gasteiger partial charge on any atom is 0.311 e. The van der Waals surface area contributed by atoms with Gasteiger partial charge in [-0.1, -0.05) is 23.3 Å². The van der Waals surface area contributed by atoms with Crippen molar-refractivity contribution in [2.45, 2.75) is 12.8 Å². The fourth-order valence-electron chi connectivity index (χ4n) is 1.46. The Balaban J connectivity index is 2.41. The lowest BCUT2D eigenvalue weighted by Crippen LogP contribution is -2.21. The minimum atomic E-state index is -0.850. The number of fused-ring (bicyclic) bond motifs is 1. The monoisotopic (exact) mass is 180 g/mol. The van der Waals surface area contributed by atoms with Crippen LogP contribution in [0.4, 0.5) is 0 Å². The SMILES string of the molecule is CC1c2nonc2C=CC1C(=O)O. The Hall–Kier alpha value is -1.65. The van der Waals surface area contributed by atoms with Gasteiger partial charge < -0.3 is 5.11 Å². The molecule has 2 unspecified atom stereocenters. The second kappa shape index (κ2) is 2.69. The summed E-state index contributed by atoms with van der Waals surface area (Å²) in [5, 5.41) is 16.1. The minimum absolute atomic E-state index is 0.177. The fourth-order valence-corrected chi connectivity index (χ4v) is 1.46. The van der Waals surface area contributed by atoms with Crippen LogP contribution in [0.5, 0.6) is 0 Å². The highest BCUT2D eigenvalue weighted by Crippen LogP contribution is 2.31. The summed E-state index contributed by atoms with van der Waals surface area (Å²) in [6.07, 6.45) is 3.24. The maximum absolute atomic E-state index is 10.8. The summed E-state index contributed by atoms with van der Waals surface area (Å²) in [7, 11) is 0. The molecule has 2 rings (SSSR count). The number of aliphatic carboxylic acids is 1. The number of nitrogens with zero attached hydrogens (tertiary/aromatic N) is 2. The molecule has 1 aliphatic carbocycles. The number of carboxylic acid groups (broad SMARTS) is 1. The second-order valence-electron chi connectivity index (χ2n) is 3.05. The Morgan fingerprint density at radius 2 is 2.38 bits per heavy atom. The number of hydrogen-bond acceptors (Lipinski definition) is 4. The summed E-state index contributed by atoms with van der Waals surface area (Å²) >= 11 is 0. The molecule has 0 fully saturated rings. The van der Waals surface area contributed by atoms with E-state index in [4.69, 9.17) is 5.11 Å². The van der Waals surface area contributed by atoms with Gasteiger partial charge in [0.2, 0.25) is 0 Å². The number of carboxylic acids is 1. The molecule has 0 spiro atoms. The molecule has 1 aromatic heterocycles. The number of carbonyl (C=O) groups is 1. The van der Waals surface area contributed by atoms with Gasteiger partial charge in [-0.2, -0.15) is 0 Å². The highest BCUT2D eigenvalue weighted by molar-refractivity contribution is 5.76. The number of hydrogen-bond donors (Lipinski definition) is 1. The second-order valence-corrected chi connectivity index (χ2v) is 3.05. The molecule has 1 heterocycles. The van der Waals surface area contributed by atoms with Crippen LogP contribution in [-0.4, -0.2) is 21.4 Å². The van der Waals surface area contributed by atoms with Crippen LogP contribution in [-0.2, 0) is 4.79 Å². The predicted octanol–water partition coefficient (Wildman–Crippen LogP) is 0.901. The van der Waals surface area contributed by atoms with Gasteiger partial charge >= 0.3 is 5.97 Å². The van der Waals surface area contributed by atoms with Crippen molar-refractivity contribution in [3.63, 3.8) is 0 Å². The molecule has 0 amide bonds. The van der Waals surface area contributed by atoms with Crippen molar-refractivity contribution >= 4 is 12.0 Å². The van der Waals surface area contributed by atoms with E-state index in [1.54, 1.807) is 19.1 Å². The van der Waals surface area contributed by atoms with Crippen LogP contribution in [0.1, 0.15) is 24.2 Å². The lowest BCUT2D eigenvalue weighted by atomic mass is 9.86. The van der Waals surface area contributed by atoms with E-state index >= 15 is 0 Å². The average molecular weight is 180 g/mol. The van der Waals surface area contributed by atoms with Gasteiger partial charge in [-0.3, -0.25) is 4.79 Å². The molecule has 13 heavy (non-hydrogen) atoms. The first kappa shape index (κ1) is 7.97. The Bertz CT molecular complexity index is 369.